The monoisotopic (exact) mass is 115 g/mol. The Balaban J connectivity index is 3.26. The van der Waals surface area contributed by atoms with Crippen LogP contribution in [0.4, 0.5) is 0 Å². The Morgan fingerprint density at radius 1 is 1.62 bits per heavy atom. The van der Waals surface area contributed by atoms with Gasteiger partial charge in [-0.1, -0.05) is 6.92 Å². The van der Waals surface area contributed by atoms with Crippen molar-refractivity contribution in [1.82, 2.24) is 11.0 Å². The number of rotatable bonds is 3. The highest BCUT2D eigenvalue weighted by molar-refractivity contribution is 5.81. The van der Waals surface area contributed by atoms with Gasteiger partial charge in [0.25, 0.3) is 0 Å². The molecule has 3 heteroatoms. The molecule has 0 aromatic heterocycles. The summed E-state index contributed by atoms with van der Waals surface area (Å²) in [4.78, 5) is 0. The van der Waals surface area contributed by atoms with Crippen LogP contribution in [-0.4, -0.2) is 12.8 Å². The Morgan fingerprint density at radius 2 is 2.25 bits per heavy atom. The quantitative estimate of drug-likeness (QED) is 0.415. The summed E-state index contributed by atoms with van der Waals surface area (Å²) in [5, 5.41) is 3.92. The van der Waals surface area contributed by atoms with E-state index < -0.39 is 0 Å². The second-order valence-electron chi connectivity index (χ2n) is 1.56. The summed E-state index contributed by atoms with van der Waals surface area (Å²) in [6, 6.07) is 0. The zero-order chi connectivity index (χ0) is 6.41. The lowest BCUT2D eigenvalue weighted by Gasteiger charge is -1.95. The topological polar surface area (TPSA) is 36.4 Å². The van der Waals surface area contributed by atoms with Crippen molar-refractivity contribution in [2.24, 2.45) is 5.10 Å². The van der Waals surface area contributed by atoms with E-state index in [0.717, 1.165) is 12.1 Å². The number of nitrogens with zero attached hydrogens (tertiary/aromatic N) is 1. The van der Waals surface area contributed by atoms with Crippen molar-refractivity contribution in [2.45, 2.75) is 20.3 Å². The third kappa shape index (κ3) is 3.61. The smallest absolute Gasteiger partial charge is 0.0360 e. The predicted molar refractivity (Wildman–Crippen MR) is 35.6 cm³/mol. The van der Waals surface area contributed by atoms with Crippen LogP contribution in [0.15, 0.2) is 5.10 Å². The van der Waals surface area contributed by atoms with E-state index in [-0.39, 0.29) is 0 Å². The van der Waals surface area contributed by atoms with E-state index in [4.69, 9.17) is 0 Å². The molecule has 0 atom stereocenters. The van der Waals surface area contributed by atoms with Crippen molar-refractivity contribution in [2.75, 3.05) is 7.05 Å². The van der Waals surface area contributed by atoms with Crippen LogP contribution in [0.3, 0.4) is 0 Å². The van der Waals surface area contributed by atoms with Crippen molar-refractivity contribution in [3.05, 3.63) is 0 Å². The van der Waals surface area contributed by atoms with Crippen LogP contribution in [0.5, 0.6) is 0 Å². The SMILES string of the molecule is CC/C(C)=N/NNC. The molecule has 0 aliphatic carbocycles. The second kappa shape index (κ2) is 4.59. The van der Waals surface area contributed by atoms with Gasteiger partial charge in [-0.25, -0.2) is 11.0 Å². The minimum atomic E-state index is 0.995. The Morgan fingerprint density at radius 3 is 2.62 bits per heavy atom. The number of hydrazine groups is 1. The molecule has 48 valence electrons. The summed E-state index contributed by atoms with van der Waals surface area (Å²) >= 11 is 0. The van der Waals surface area contributed by atoms with Gasteiger partial charge < -0.3 is 0 Å². The van der Waals surface area contributed by atoms with Gasteiger partial charge in [-0.3, -0.25) is 0 Å². The van der Waals surface area contributed by atoms with E-state index in [9.17, 15) is 0 Å². The molecule has 0 radical (unpaired) electrons. The summed E-state index contributed by atoms with van der Waals surface area (Å²) in [5.41, 5.74) is 6.43. The summed E-state index contributed by atoms with van der Waals surface area (Å²) in [7, 11) is 1.78. The standard InChI is InChI=1S/C5H13N3/c1-4-5(2)7-8-6-3/h6,8H,4H2,1-3H3/b7-5+. The molecule has 0 bridgehead atoms. The summed E-state index contributed by atoms with van der Waals surface area (Å²) < 4.78 is 0. The van der Waals surface area contributed by atoms with Crippen LogP contribution < -0.4 is 11.0 Å². The number of hydrogen-bond donors (Lipinski definition) is 2. The van der Waals surface area contributed by atoms with E-state index in [1.807, 2.05) is 6.92 Å². The molecule has 0 heterocycles. The fourth-order valence-electron chi connectivity index (χ4n) is 0.230. The average molecular weight is 115 g/mol. The normalized spacial score (nSPS) is 11.6. The molecule has 0 aliphatic heterocycles. The molecule has 0 fully saturated rings. The van der Waals surface area contributed by atoms with Gasteiger partial charge in [-0.2, -0.15) is 5.10 Å². The van der Waals surface area contributed by atoms with Crippen LogP contribution in [0.25, 0.3) is 0 Å². The Kier molecular flexibility index (Phi) is 4.26. The molecule has 0 aromatic rings. The molecule has 0 unspecified atom stereocenters. The van der Waals surface area contributed by atoms with Gasteiger partial charge in [0.1, 0.15) is 0 Å². The molecule has 0 aliphatic rings. The minimum absolute atomic E-state index is 0.995. The zero-order valence-corrected chi connectivity index (χ0v) is 5.65. The maximum Gasteiger partial charge on any atom is 0.0360 e. The molecule has 0 saturated heterocycles. The van der Waals surface area contributed by atoms with E-state index in [1.54, 1.807) is 7.05 Å². The highest BCUT2D eigenvalue weighted by atomic mass is 15.5. The minimum Gasteiger partial charge on any atom is -0.243 e. The molecular formula is C5H13N3. The maximum atomic E-state index is 3.92. The van der Waals surface area contributed by atoms with Crippen LogP contribution in [0.1, 0.15) is 20.3 Å². The van der Waals surface area contributed by atoms with E-state index in [2.05, 4.69) is 23.0 Å². The number of hydrogen-bond acceptors (Lipinski definition) is 3. The van der Waals surface area contributed by atoms with Crippen LogP contribution in [0, 0.1) is 0 Å². The van der Waals surface area contributed by atoms with Gasteiger partial charge in [-0.05, 0) is 13.3 Å². The first-order valence-corrected chi connectivity index (χ1v) is 2.76. The highest BCUT2D eigenvalue weighted by Crippen LogP contribution is 1.78. The van der Waals surface area contributed by atoms with E-state index in [0.29, 0.717) is 0 Å². The van der Waals surface area contributed by atoms with Crippen molar-refractivity contribution in [3.63, 3.8) is 0 Å². The lowest BCUT2D eigenvalue weighted by molar-refractivity contribution is 0.630. The molecule has 2 N–H and O–H groups in total. The first-order valence-electron chi connectivity index (χ1n) is 2.76. The molecule has 0 saturated carbocycles. The molecule has 0 aromatic carbocycles. The van der Waals surface area contributed by atoms with Crippen molar-refractivity contribution in [3.8, 4) is 0 Å². The molecule has 0 amide bonds. The van der Waals surface area contributed by atoms with Crippen LogP contribution >= 0.6 is 0 Å². The van der Waals surface area contributed by atoms with Gasteiger partial charge in [0.05, 0.1) is 0 Å². The maximum absolute atomic E-state index is 3.92. The van der Waals surface area contributed by atoms with Crippen molar-refractivity contribution >= 4 is 5.71 Å². The Labute approximate surface area is 50.1 Å². The first-order chi connectivity index (χ1) is 3.81. The lowest BCUT2D eigenvalue weighted by atomic mass is 10.3. The molecule has 0 spiro atoms. The summed E-state index contributed by atoms with van der Waals surface area (Å²) in [6.45, 7) is 4.04. The number of nitrogens with one attached hydrogen (secondary N) is 2. The van der Waals surface area contributed by atoms with Gasteiger partial charge >= 0.3 is 0 Å². The molecular weight excluding hydrogens is 102 g/mol. The fourth-order valence-corrected chi connectivity index (χ4v) is 0.230. The summed E-state index contributed by atoms with van der Waals surface area (Å²) in [5.74, 6) is 0. The molecule has 3 nitrogen and oxygen atoms in total. The van der Waals surface area contributed by atoms with E-state index >= 15 is 0 Å². The van der Waals surface area contributed by atoms with Gasteiger partial charge in [0.15, 0.2) is 0 Å². The number of hydrazone groups is 1. The van der Waals surface area contributed by atoms with Gasteiger partial charge in [0.2, 0.25) is 0 Å². The van der Waals surface area contributed by atoms with Crippen molar-refractivity contribution < 1.29 is 0 Å². The second-order valence-corrected chi connectivity index (χ2v) is 1.56. The average Bonchev–Trinajstić information content (AvgIpc) is 1.83. The first kappa shape index (κ1) is 7.43. The largest absolute Gasteiger partial charge is 0.243 e. The van der Waals surface area contributed by atoms with Gasteiger partial charge in [0, 0.05) is 12.8 Å². The van der Waals surface area contributed by atoms with Crippen LogP contribution in [-0.2, 0) is 0 Å². The molecule has 0 rings (SSSR count). The Bertz CT molecular complexity index is 77.7. The summed E-state index contributed by atoms with van der Waals surface area (Å²) in [6.07, 6.45) is 0.995. The third-order valence-corrected chi connectivity index (χ3v) is 0.870. The van der Waals surface area contributed by atoms with Gasteiger partial charge in [-0.15, -0.1) is 0 Å². The Hall–Kier alpha value is -0.570. The van der Waals surface area contributed by atoms with Crippen molar-refractivity contribution in [1.29, 1.82) is 0 Å². The molecule has 8 heavy (non-hydrogen) atoms. The van der Waals surface area contributed by atoms with Crippen LogP contribution in [0.2, 0.25) is 0 Å². The fraction of sp³-hybridized carbons (Fsp3) is 0.800. The third-order valence-electron chi connectivity index (χ3n) is 0.870. The zero-order valence-electron chi connectivity index (χ0n) is 5.65. The van der Waals surface area contributed by atoms with E-state index in [1.165, 1.54) is 0 Å². The highest BCUT2D eigenvalue weighted by Gasteiger charge is 1.79. The predicted octanol–water partition coefficient (Wildman–Crippen LogP) is 0.496. The lowest BCUT2D eigenvalue weighted by Crippen LogP contribution is -2.22.